The Bertz CT molecular complexity index is 721. The monoisotopic (exact) mass is 349 g/mol. The maximum Gasteiger partial charge on any atom is 0.199 e. The molecule has 0 bridgehead atoms. The van der Waals surface area contributed by atoms with Gasteiger partial charge < -0.3 is 15.4 Å². The first-order valence-corrected chi connectivity index (χ1v) is 8.40. The van der Waals surface area contributed by atoms with Gasteiger partial charge in [0.15, 0.2) is 10.9 Å². The molecule has 0 saturated carbocycles. The molecule has 1 fully saturated rings. The van der Waals surface area contributed by atoms with E-state index in [1.165, 1.54) is 17.4 Å². The minimum absolute atomic E-state index is 0.144. The summed E-state index contributed by atoms with van der Waals surface area (Å²) in [6, 6.07) is 7.26. The molecule has 7 heteroatoms. The van der Waals surface area contributed by atoms with Gasteiger partial charge in [-0.25, -0.2) is 4.98 Å². The Hall–Kier alpha value is -1.89. The summed E-state index contributed by atoms with van der Waals surface area (Å²) in [6.07, 6.45) is 3.25. The number of carbonyl (C=O) groups excluding carboxylic acids is 1. The molecule has 1 aliphatic rings. The number of allylic oxidation sites excluding steroid dienone is 1. The second-order valence-corrected chi connectivity index (χ2v) is 6.47. The van der Waals surface area contributed by atoms with Gasteiger partial charge in [-0.1, -0.05) is 41.1 Å². The number of aromatic nitrogens is 1. The summed E-state index contributed by atoms with van der Waals surface area (Å²) < 4.78 is 5.32. The van der Waals surface area contributed by atoms with E-state index >= 15 is 0 Å². The summed E-state index contributed by atoms with van der Waals surface area (Å²) in [4.78, 5) is 19.2. The van der Waals surface area contributed by atoms with Crippen molar-refractivity contribution in [2.75, 3.05) is 36.9 Å². The Balaban J connectivity index is 1.74. The second-order valence-electron chi connectivity index (χ2n) is 5.06. The third kappa shape index (κ3) is 3.90. The second kappa shape index (κ2) is 7.12. The molecule has 0 aliphatic carbocycles. The highest BCUT2D eigenvalue weighted by Gasteiger charge is 2.19. The number of benzene rings is 1. The number of anilines is 2. The highest BCUT2D eigenvalue weighted by molar-refractivity contribution is 7.18. The highest BCUT2D eigenvalue weighted by atomic mass is 35.5. The lowest BCUT2D eigenvalue weighted by Gasteiger charge is -2.25. The van der Waals surface area contributed by atoms with Crippen LogP contribution in [-0.4, -0.2) is 37.1 Å². The summed E-state index contributed by atoms with van der Waals surface area (Å²) in [5.41, 5.74) is 6.81. The molecule has 3 rings (SSSR count). The first-order chi connectivity index (χ1) is 11.1. The Morgan fingerprint density at radius 3 is 2.70 bits per heavy atom. The van der Waals surface area contributed by atoms with Crippen molar-refractivity contribution in [2.45, 2.75) is 0 Å². The van der Waals surface area contributed by atoms with Crippen molar-refractivity contribution in [1.29, 1.82) is 0 Å². The molecule has 23 heavy (non-hydrogen) atoms. The largest absolute Gasteiger partial charge is 0.382 e. The Labute approximate surface area is 143 Å². The number of nitrogen functional groups attached to an aromatic ring is 1. The van der Waals surface area contributed by atoms with Crippen LogP contribution < -0.4 is 10.6 Å². The molecule has 1 aromatic heterocycles. The number of hydrogen-bond acceptors (Lipinski definition) is 6. The molecule has 5 nitrogen and oxygen atoms in total. The van der Waals surface area contributed by atoms with Gasteiger partial charge in [-0.05, 0) is 23.8 Å². The molecule has 1 aromatic carbocycles. The smallest absolute Gasteiger partial charge is 0.199 e. The summed E-state index contributed by atoms with van der Waals surface area (Å²) >= 11 is 7.16. The molecule has 0 radical (unpaired) electrons. The number of carbonyl (C=O) groups is 1. The predicted octanol–water partition coefficient (Wildman–Crippen LogP) is 3.11. The number of ketones is 1. The van der Waals surface area contributed by atoms with Gasteiger partial charge in [0.1, 0.15) is 10.7 Å². The zero-order valence-electron chi connectivity index (χ0n) is 12.4. The van der Waals surface area contributed by atoms with Gasteiger partial charge >= 0.3 is 0 Å². The summed E-state index contributed by atoms with van der Waals surface area (Å²) in [5.74, 6) is 0.136. The van der Waals surface area contributed by atoms with Crippen LogP contribution in [-0.2, 0) is 4.74 Å². The van der Waals surface area contributed by atoms with Crippen LogP contribution in [0.15, 0.2) is 30.3 Å². The number of thiazole rings is 1. The van der Waals surface area contributed by atoms with Crippen molar-refractivity contribution < 1.29 is 9.53 Å². The SMILES string of the molecule is Nc1nc(N2CCOCC2)sc1C(=O)/C=C/c1ccc(Cl)cc1. The molecule has 120 valence electrons. The first kappa shape index (κ1) is 16.0. The Kier molecular flexibility index (Phi) is 4.95. The minimum Gasteiger partial charge on any atom is -0.382 e. The minimum atomic E-state index is -0.144. The van der Waals surface area contributed by atoms with Gasteiger partial charge in [0, 0.05) is 18.1 Å². The van der Waals surface area contributed by atoms with Crippen LogP contribution in [0.3, 0.4) is 0 Å². The van der Waals surface area contributed by atoms with Gasteiger partial charge in [0.05, 0.1) is 13.2 Å². The van der Waals surface area contributed by atoms with E-state index < -0.39 is 0 Å². The third-order valence-electron chi connectivity index (χ3n) is 3.44. The number of halogens is 1. The fourth-order valence-electron chi connectivity index (χ4n) is 2.21. The highest BCUT2D eigenvalue weighted by Crippen LogP contribution is 2.29. The van der Waals surface area contributed by atoms with Crippen molar-refractivity contribution in [2.24, 2.45) is 0 Å². The normalized spacial score (nSPS) is 15.3. The van der Waals surface area contributed by atoms with Crippen LogP contribution >= 0.6 is 22.9 Å². The third-order valence-corrected chi connectivity index (χ3v) is 4.84. The van der Waals surface area contributed by atoms with Crippen LogP contribution in [0.5, 0.6) is 0 Å². The number of ether oxygens (including phenoxy) is 1. The molecular formula is C16H16ClN3O2S. The van der Waals surface area contributed by atoms with Crippen LogP contribution in [0.25, 0.3) is 6.08 Å². The van der Waals surface area contributed by atoms with Crippen LogP contribution in [0.2, 0.25) is 5.02 Å². The number of rotatable bonds is 4. The number of morpholine rings is 1. The van der Waals surface area contributed by atoms with E-state index in [4.69, 9.17) is 22.1 Å². The molecule has 0 unspecified atom stereocenters. The average molecular weight is 350 g/mol. The lowest BCUT2D eigenvalue weighted by molar-refractivity contribution is 0.105. The summed E-state index contributed by atoms with van der Waals surface area (Å²) in [6.45, 7) is 2.86. The number of nitrogens with two attached hydrogens (primary N) is 1. The van der Waals surface area contributed by atoms with Gasteiger partial charge in [-0.15, -0.1) is 0 Å². The zero-order chi connectivity index (χ0) is 16.2. The van der Waals surface area contributed by atoms with Crippen LogP contribution in [0.1, 0.15) is 15.2 Å². The lowest BCUT2D eigenvalue weighted by atomic mass is 10.2. The quantitative estimate of drug-likeness (QED) is 0.678. The van der Waals surface area contributed by atoms with E-state index in [1.54, 1.807) is 18.2 Å². The fourth-order valence-corrected chi connectivity index (χ4v) is 3.29. The van der Waals surface area contributed by atoms with Crippen molar-refractivity contribution in [3.8, 4) is 0 Å². The van der Waals surface area contributed by atoms with E-state index in [9.17, 15) is 4.79 Å². The van der Waals surface area contributed by atoms with Crippen LogP contribution in [0, 0.1) is 0 Å². The van der Waals surface area contributed by atoms with Gasteiger partial charge in [0.25, 0.3) is 0 Å². The number of hydrogen-bond donors (Lipinski definition) is 1. The maximum absolute atomic E-state index is 12.3. The molecule has 2 aromatic rings. The van der Waals surface area contributed by atoms with E-state index in [0.717, 1.165) is 23.8 Å². The van der Waals surface area contributed by atoms with Crippen molar-refractivity contribution in [1.82, 2.24) is 4.98 Å². The Morgan fingerprint density at radius 2 is 2.00 bits per heavy atom. The van der Waals surface area contributed by atoms with E-state index in [-0.39, 0.29) is 11.6 Å². The summed E-state index contributed by atoms with van der Waals surface area (Å²) in [7, 11) is 0. The van der Waals surface area contributed by atoms with Crippen molar-refractivity contribution in [3.05, 3.63) is 45.8 Å². The van der Waals surface area contributed by atoms with Gasteiger partial charge in [-0.2, -0.15) is 0 Å². The number of nitrogens with zero attached hydrogens (tertiary/aromatic N) is 2. The topological polar surface area (TPSA) is 68.4 Å². The van der Waals surface area contributed by atoms with E-state index in [0.29, 0.717) is 23.1 Å². The van der Waals surface area contributed by atoms with Gasteiger partial charge in [-0.3, -0.25) is 4.79 Å². The van der Waals surface area contributed by atoms with Crippen molar-refractivity contribution in [3.63, 3.8) is 0 Å². The molecule has 2 N–H and O–H groups in total. The molecule has 1 aliphatic heterocycles. The van der Waals surface area contributed by atoms with E-state index in [1.807, 2.05) is 12.1 Å². The molecule has 0 atom stereocenters. The lowest BCUT2D eigenvalue weighted by Crippen LogP contribution is -2.36. The van der Waals surface area contributed by atoms with Gasteiger partial charge in [0.2, 0.25) is 0 Å². The van der Waals surface area contributed by atoms with Crippen LogP contribution in [0.4, 0.5) is 10.9 Å². The average Bonchev–Trinajstić information content (AvgIpc) is 2.97. The summed E-state index contributed by atoms with van der Waals surface area (Å²) in [5, 5.41) is 1.43. The molecule has 0 spiro atoms. The van der Waals surface area contributed by atoms with E-state index in [2.05, 4.69) is 9.88 Å². The predicted molar refractivity (Wildman–Crippen MR) is 94.4 cm³/mol. The Morgan fingerprint density at radius 1 is 1.30 bits per heavy atom. The first-order valence-electron chi connectivity index (χ1n) is 7.20. The molecule has 0 amide bonds. The zero-order valence-corrected chi connectivity index (χ0v) is 13.9. The standard InChI is InChI=1S/C16H16ClN3O2S/c17-12-4-1-11(2-5-12)3-6-13(21)14-15(18)19-16(23-14)20-7-9-22-10-8-20/h1-6H,7-10,18H2/b6-3+. The molecule has 1 saturated heterocycles. The maximum atomic E-state index is 12.3. The molecule has 2 heterocycles. The fraction of sp³-hybridized carbons (Fsp3) is 0.250. The molecular weight excluding hydrogens is 334 g/mol. The van der Waals surface area contributed by atoms with Crippen molar-refractivity contribution >= 4 is 45.7 Å².